The first kappa shape index (κ1) is 20.5. The van der Waals surface area contributed by atoms with E-state index in [9.17, 15) is 9.59 Å². The van der Waals surface area contributed by atoms with E-state index in [1.807, 2.05) is 49.4 Å². The fourth-order valence-corrected chi connectivity index (χ4v) is 3.12. The van der Waals surface area contributed by atoms with Gasteiger partial charge in [0.1, 0.15) is 0 Å². The molecule has 6 nitrogen and oxygen atoms in total. The van der Waals surface area contributed by atoms with Gasteiger partial charge in [-0.15, -0.1) is 0 Å². The van der Waals surface area contributed by atoms with Gasteiger partial charge in [0, 0.05) is 30.4 Å². The molecule has 0 spiro atoms. The molecule has 0 aliphatic carbocycles. The van der Waals surface area contributed by atoms with Crippen LogP contribution in [0.4, 0.5) is 5.69 Å². The zero-order chi connectivity index (χ0) is 20.6. The number of nitrogens with zero attached hydrogens (tertiary/aromatic N) is 1. The van der Waals surface area contributed by atoms with Gasteiger partial charge in [0.05, 0.1) is 13.2 Å². The van der Waals surface area contributed by atoms with Crippen molar-refractivity contribution in [3.05, 3.63) is 76.9 Å². The number of ether oxygens (including phenoxy) is 1. The average molecular weight is 392 g/mol. The molecule has 1 heterocycles. The van der Waals surface area contributed by atoms with Gasteiger partial charge in [-0.05, 0) is 60.0 Å². The molecule has 6 heteroatoms. The minimum Gasteiger partial charge on any atom is -0.378 e. The van der Waals surface area contributed by atoms with Crippen LogP contribution in [-0.4, -0.2) is 43.2 Å². The second kappa shape index (κ2) is 9.82. The molecular weight excluding hydrogens is 368 g/mol. The molecule has 1 aliphatic rings. The summed E-state index contributed by atoms with van der Waals surface area (Å²) in [4.78, 5) is 25.8. The Bertz CT molecular complexity index is 926. The zero-order valence-corrected chi connectivity index (χ0v) is 16.3. The molecule has 150 valence electrons. The molecule has 1 saturated heterocycles. The van der Waals surface area contributed by atoms with Gasteiger partial charge in [-0.3, -0.25) is 14.8 Å². The number of allylic oxidation sites excluding steroid dienone is 1. The molecule has 0 unspecified atom stereocenters. The van der Waals surface area contributed by atoms with Crippen molar-refractivity contribution < 1.29 is 19.5 Å². The maximum Gasteiger partial charge on any atom is 0.267 e. The number of aryl methyl sites for hydroxylation is 1. The number of ketones is 1. The lowest BCUT2D eigenvalue weighted by molar-refractivity contribution is -0.124. The number of hydrogen-bond acceptors (Lipinski definition) is 5. The number of nitrogens with one attached hydrogen (secondary N) is 1. The Hall–Kier alpha value is -3.22. The predicted molar refractivity (Wildman–Crippen MR) is 113 cm³/mol. The number of anilines is 1. The Morgan fingerprint density at radius 2 is 1.76 bits per heavy atom. The van der Waals surface area contributed by atoms with Gasteiger partial charge < -0.3 is 9.64 Å². The summed E-state index contributed by atoms with van der Waals surface area (Å²) in [6.07, 6.45) is 6.21. The van der Waals surface area contributed by atoms with Crippen LogP contribution in [0.15, 0.2) is 54.6 Å². The van der Waals surface area contributed by atoms with Crippen LogP contribution >= 0.6 is 0 Å². The van der Waals surface area contributed by atoms with Crippen LogP contribution in [0.5, 0.6) is 0 Å². The number of hydroxylamine groups is 1. The van der Waals surface area contributed by atoms with E-state index in [2.05, 4.69) is 4.90 Å². The highest BCUT2D eigenvalue weighted by Crippen LogP contribution is 2.18. The second-order valence-electron chi connectivity index (χ2n) is 6.77. The minimum atomic E-state index is -0.586. The van der Waals surface area contributed by atoms with E-state index in [-0.39, 0.29) is 5.78 Å². The van der Waals surface area contributed by atoms with Crippen molar-refractivity contribution >= 4 is 29.5 Å². The van der Waals surface area contributed by atoms with Gasteiger partial charge in [0.15, 0.2) is 5.78 Å². The van der Waals surface area contributed by atoms with Crippen molar-refractivity contribution in [3.63, 3.8) is 0 Å². The lowest BCUT2D eigenvalue weighted by atomic mass is 10.0. The van der Waals surface area contributed by atoms with Crippen molar-refractivity contribution in [1.29, 1.82) is 0 Å². The molecular formula is C23H24N2O4. The largest absolute Gasteiger partial charge is 0.378 e. The minimum absolute atomic E-state index is 0.0542. The van der Waals surface area contributed by atoms with Gasteiger partial charge in [-0.25, -0.2) is 5.48 Å². The quantitative estimate of drug-likeness (QED) is 0.341. The monoisotopic (exact) mass is 392 g/mol. The van der Waals surface area contributed by atoms with Gasteiger partial charge in [0.2, 0.25) is 0 Å². The third-order valence-corrected chi connectivity index (χ3v) is 4.77. The van der Waals surface area contributed by atoms with Crippen LogP contribution in [0.25, 0.3) is 12.2 Å². The summed E-state index contributed by atoms with van der Waals surface area (Å²) in [6.45, 7) is 5.12. The summed E-state index contributed by atoms with van der Waals surface area (Å²) in [5, 5.41) is 8.51. The molecule has 1 fully saturated rings. The molecule has 1 aliphatic heterocycles. The molecule has 0 atom stereocenters. The van der Waals surface area contributed by atoms with Crippen LogP contribution in [-0.2, 0) is 9.53 Å². The number of carbonyl (C=O) groups excluding carboxylic acids is 2. The van der Waals surface area contributed by atoms with Crippen LogP contribution in [0.3, 0.4) is 0 Å². The first-order chi connectivity index (χ1) is 14.1. The van der Waals surface area contributed by atoms with Gasteiger partial charge in [-0.2, -0.15) is 0 Å². The van der Waals surface area contributed by atoms with Crippen LogP contribution < -0.4 is 10.4 Å². The fraction of sp³-hybridized carbons (Fsp3) is 0.217. The molecule has 3 rings (SSSR count). The highest BCUT2D eigenvalue weighted by atomic mass is 16.5. The smallest absolute Gasteiger partial charge is 0.267 e. The van der Waals surface area contributed by atoms with Crippen molar-refractivity contribution in [2.24, 2.45) is 0 Å². The van der Waals surface area contributed by atoms with E-state index < -0.39 is 5.91 Å². The van der Waals surface area contributed by atoms with Crippen molar-refractivity contribution in [2.75, 3.05) is 31.2 Å². The number of hydrogen-bond donors (Lipinski definition) is 2. The summed E-state index contributed by atoms with van der Waals surface area (Å²) in [5.74, 6) is -0.640. The Labute approximate surface area is 170 Å². The number of carbonyl (C=O) groups is 2. The number of benzene rings is 2. The van der Waals surface area contributed by atoms with E-state index in [4.69, 9.17) is 9.94 Å². The molecule has 1 amide bonds. The highest BCUT2D eigenvalue weighted by Gasteiger charge is 2.11. The van der Waals surface area contributed by atoms with Crippen LogP contribution in [0.1, 0.15) is 27.0 Å². The Morgan fingerprint density at radius 1 is 1.03 bits per heavy atom. The van der Waals surface area contributed by atoms with Gasteiger partial charge >= 0.3 is 0 Å². The van der Waals surface area contributed by atoms with E-state index >= 15 is 0 Å². The number of amides is 1. The van der Waals surface area contributed by atoms with Gasteiger partial charge in [0.25, 0.3) is 5.91 Å². The van der Waals surface area contributed by atoms with E-state index in [1.54, 1.807) is 23.7 Å². The summed E-state index contributed by atoms with van der Waals surface area (Å²) in [6, 6.07) is 13.3. The van der Waals surface area contributed by atoms with E-state index in [1.165, 1.54) is 6.08 Å². The Morgan fingerprint density at radius 3 is 2.41 bits per heavy atom. The second-order valence-corrected chi connectivity index (χ2v) is 6.77. The molecule has 2 aromatic carbocycles. The first-order valence-corrected chi connectivity index (χ1v) is 9.45. The molecule has 0 aromatic heterocycles. The van der Waals surface area contributed by atoms with Crippen LogP contribution in [0.2, 0.25) is 0 Å². The summed E-state index contributed by atoms with van der Waals surface area (Å²) >= 11 is 0. The lowest BCUT2D eigenvalue weighted by Crippen LogP contribution is -2.36. The fourth-order valence-electron chi connectivity index (χ4n) is 3.12. The summed E-state index contributed by atoms with van der Waals surface area (Å²) in [5.41, 5.74) is 6.02. The van der Waals surface area contributed by atoms with Crippen molar-refractivity contribution in [3.8, 4) is 0 Å². The number of rotatable bonds is 6. The highest BCUT2D eigenvalue weighted by molar-refractivity contribution is 6.07. The molecule has 0 saturated carbocycles. The Balaban J connectivity index is 1.65. The molecule has 2 N–H and O–H groups in total. The Kier molecular flexibility index (Phi) is 6.94. The number of morpholine rings is 1. The first-order valence-electron chi connectivity index (χ1n) is 9.45. The molecule has 29 heavy (non-hydrogen) atoms. The van der Waals surface area contributed by atoms with Crippen molar-refractivity contribution in [1.82, 2.24) is 5.48 Å². The predicted octanol–water partition coefficient (Wildman–Crippen LogP) is 3.25. The zero-order valence-electron chi connectivity index (χ0n) is 16.3. The van der Waals surface area contributed by atoms with Crippen LogP contribution in [0, 0.1) is 6.92 Å². The third kappa shape index (κ3) is 5.63. The van der Waals surface area contributed by atoms with E-state index in [0.29, 0.717) is 5.56 Å². The summed E-state index contributed by atoms with van der Waals surface area (Å²) in [7, 11) is 0. The molecule has 0 bridgehead atoms. The maximum absolute atomic E-state index is 12.5. The average Bonchev–Trinajstić information content (AvgIpc) is 2.77. The van der Waals surface area contributed by atoms with Gasteiger partial charge in [-0.1, -0.05) is 24.3 Å². The normalized spacial score (nSPS) is 14.5. The third-order valence-electron chi connectivity index (χ3n) is 4.77. The topological polar surface area (TPSA) is 78.9 Å². The van der Waals surface area contributed by atoms with E-state index in [0.717, 1.165) is 48.7 Å². The summed E-state index contributed by atoms with van der Waals surface area (Å²) < 4.78 is 5.37. The lowest BCUT2D eigenvalue weighted by Gasteiger charge is -2.28. The molecule has 0 radical (unpaired) electrons. The van der Waals surface area contributed by atoms with Crippen molar-refractivity contribution in [2.45, 2.75) is 6.92 Å². The maximum atomic E-state index is 12.5. The molecule has 2 aromatic rings. The standard InChI is InChI=1S/C23H24N2O4/c1-17-16-18(3-11-23(27)24-28)2-4-19(17)7-10-22(26)20-5-8-21(9-6-20)25-12-14-29-15-13-25/h2-11,16,28H,12-15H2,1H3,(H,24,27)/b10-7+,11-3+. The SMILES string of the molecule is Cc1cc(/C=C/C(=O)NO)ccc1/C=C/C(=O)c1ccc(N2CCOCC2)cc1.